The van der Waals surface area contributed by atoms with E-state index in [1.165, 1.54) is 99.7 Å². The Hall–Kier alpha value is -2.34. The zero-order chi connectivity index (χ0) is 39.6. The number of hydrogen-bond donors (Lipinski definition) is 6. The van der Waals surface area contributed by atoms with Crippen molar-refractivity contribution < 1.29 is 49.0 Å². The molecule has 0 bridgehead atoms. The van der Waals surface area contributed by atoms with Crippen molar-refractivity contribution in [3.8, 4) is 0 Å². The van der Waals surface area contributed by atoms with Crippen LogP contribution >= 0.6 is 11.8 Å². The number of carbonyl (C=O) groups is 3. The summed E-state index contributed by atoms with van der Waals surface area (Å²) in [6.07, 6.45) is 14.6. The normalized spacial score (nSPS) is 20.1. The molecule has 1 amide bonds. The van der Waals surface area contributed by atoms with Gasteiger partial charge in [0.25, 0.3) is 0 Å². The quantitative estimate of drug-likeness (QED) is 0.0440. The Morgan fingerprint density at radius 2 is 1.37 bits per heavy atom. The minimum Gasteiger partial charge on any atom is -0.462 e. The number of thioether (sulfide) groups is 1. The van der Waals surface area contributed by atoms with Gasteiger partial charge in [0.05, 0.1) is 18.8 Å². The standard InChI is InChI=1S/C38H69N5O10S/c1-3-5-7-9-11-13-15-17-19-21-32(45)51-25-28(52-33(46)22-20-18-16-14-12-10-8-6-4-2)26-54-27-29(39)37(49)40-31-24-43(42-41-31)23-30(44)36-34(47)35(48)38(50)53-36/h24,28-30,34-36,38,44,47-48,50H,3-23,25-27,39H2,1-2H3,(H,40,49)/t28-,29-,30+,34+,35+,36?,38?/m1/s1. The first-order valence-corrected chi connectivity index (χ1v) is 21.5. The fourth-order valence-corrected chi connectivity index (χ4v) is 7.11. The Morgan fingerprint density at radius 3 is 1.91 bits per heavy atom. The molecule has 54 heavy (non-hydrogen) atoms. The molecule has 1 fully saturated rings. The van der Waals surface area contributed by atoms with Crippen molar-refractivity contribution in [3.63, 3.8) is 0 Å². The van der Waals surface area contributed by atoms with Gasteiger partial charge in [-0.25, -0.2) is 4.68 Å². The second-order valence-electron chi connectivity index (χ2n) is 14.5. The molecule has 7 N–H and O–H groups in total. The molecular formula is C38H69N5O10S. The Labute approximate surface area is 325 Å². The summed E-state index contributed by atoms with van der Waals surface area (Å²) in [5.74, 6) is -0.664. The molecule has 0 spiro atoms. The van der Waals surface area contributed by atoms with Crippen molar-refractivity contribution in [1.82, 2.24) is 15.0 Å². The van der Waals surface area contributed by atoms with Gasteiger partial charge >= 0.3 is 11.9 Å². The molecule has 2 heterocycles. The molecule has 1 aromatic rings. The number of nitrogens with one attached hydrogen (secondary N) is 1. The first-order valence-electron chi connectivity index (χ1n) is 20.3. The zero-order valence-electron chi connectivity index (χ0n) is 32.7. The number of aliphatic hydroxyl groups is 4. The van der Waals surface area contributed by atoms with E-state index in [-0.39, 0.29) is 42.4 Å². The second kappa shape index (κ2) is 29.0. The van der Waals surface area contributed by atoms with Gasteiger partial charge < -0.3 is 45.7 Å². The minimum absolute atomic E-state index is 0.0655. The van der Waals surface area contributed by atoms with Crippen LogP contribution in [0.2, 0.25) is 0 Å². The van der Waals surface area contributed by atoms with Crippen LogP contribution in [0.5, 0.6) is 0 Å². The average molecular weight is 788 g/mol. The Balaban J connectivity index is 1.77. The predicted molar refractivity (Wildman–Crippen MR) is 207 cm³/mol. The Bertz CT molecular complexity index is 1160. The molecule has 0 aromatic carbocycles. The van der Waals surface area contributed by atoms with Crippen LogP contribution in [0.15, 0.2) is 6.20 Å². The maximum atomic E-state index is 12.8. The van der Waals surface area contributed by atoms with Crippen LogP contribution < -0.4 is 11.1 Å². The monoisotopic (exact) mass is 787 g/mol. The van der Waals surface area contributed by atoms with Crippen molar-refractivity contribution in [3.05, 3.63) is 6.20 Å². The molecule has 16 heteroatoms. The number of unbranched alkanes of at least 4 members (excludes halogenated alkanes) is 16. The van der Waals surface area contributed by atoms with E-state index in [1.807, 2.05) is 0 Å². The molecule has 2 rings (SSSR count). The van der Waals surface area contributed by atoms with Crippen molar-refractivity contribution in [1.29, 1.82) is 0 Å². The van der Waals surface area contributed by atoms with Gasteiger partial charge in [0.2, 0.25) is 5.91 Å². The lowest BCUT2D eigenvalue weighted by Gasteiger charge is -2.20. The summed E-state index contributed by atoms with van der Waals surface area (Å²) < 4.78 is 17.5. The molecule has 1 aliphatic heterocycles. The van der Waals surface area contributed by atoms with Crippen molar-refractivity contribution >= 4 is 35.4 Å². The van der Waals surface area contributed by atoms with Gasteiger partial charge in [0.15, 0.2) is 12.1 Å². The van der Waals surface area contributed by atoms with E-state index in [4.69, 9.17) is 19.9 Å². The second-order valence-corrected chi connectivity index (χ2v) is 15.5. The zero-order valence-corrected chi connectivity index (χ0v) is 33.5. The van der Waals surface area contributed by atoms with Crippen molar-refractivity contribution in [2.45, 2.75) is 192 Å². The van der Waals surface area contributed by atoms with E-state index >= 15 is 0 Å². The summed E-state index contributed by atoms with van der Waals surface area (Å²) in [5, 5.41) is 49.8. The van der Waals surface area contributed by atoms with E-state index in [0.717, 1.165) is 38.5 Å². The Kier molecular flexibility index (Phi) is 25.7. The lowest BCUT2D eigenvalue weighted by atomic mass is 10.1. The van der Waals surface area contributed by atoms with Crippen LogP contribution in [0.25, 0.3) is 0 Å². The number of ether oxygens (including phenoxy) is 3. The fraction of sp³-hybridized carbons (Fsp3) is 0.868. The van der Waals surface area contributed by atoms with Crippen LogP contribution in [0.3, 0.4) is 0 Å². The molecule has 1 aromatic heterocycles. The number of esters is 2. The molecule has 0 saturated carbocycles. The number of amides is 1. The van der Waals surface area contributed by atoms with Crippen LogP contribution in [0, 0.1) is 0 Å². The summed E-state index contributed by atoms with van der Waals surface area (Å²) in [7, 11) is 0. The summed E-state index contributed by atoms with van der Waals surface area (Å²) in [6.45, 7) is 4.15. The number of carbonyl (C=O) groups excluding carboxylic acids is 3. The number of hydrogen-bond acceptors (Lipinski definition) is 14. The third-order valence-electron chi connectivity index (χ3n) is 9.45. The van der Waals surface area contributed by atoms with E-state index in [1.54, 1.807) is 0 Å². The Morgan fingerprint density at radius 1 is 0.833 bits per heavy atom. The lowest BCUT2D eigenvalue weighted by Crippen LogP contribution is -2.40. The van der Waals surface area contributed by atoms with E-state index in [0.29, 0.717) is 12.8 Å². The highest BCUT2D eigenvalue weighted by atomic mass is 32.2. The summed E-state index contributed by atoms with van der Waals surface area (Å²) in [5.41, 5.74) is 6.13. The number of anilines is 1. The summed E-state index contributed by atoms with van der Waals surface area (Å²) in [4.78, 5) is 38.0. The molecular weight excluding hydrogens is 719 g/mol. The first-order chi connectivity index (χ1) is 26.0. The van der Waals surface area contributed by atoms with Crippen LogP contribution in [0.4, 0.5) is 5.82 Å². The molecule has 0 aliphatic carbocycles. The third-order valence-corrected chi connectivity index (χ3v) is 10.7. The molecule has 15 nitrogen and oxygen atoms in total. The lowest BCUT2D eigenvalue weighted by molar-refractivity contribution is -0.157. The van der Waals surface area contributed by atoms with Gasteiger partial charge in [-0.1, -0.05) is 122 Å². The number of nitrogens with zero attached hydrogens (tertiary/aromatic N) is 3. The average Bonchev–Trinajstić information content (AvgIpc) is 3.70. The van der Waals surface area contributed by atoms with Crippen molar-refractivity contribution in [2.75, 3.05) is 23.4 Å². The fourth-order valence-electron chi connectivity index (χ4n) is 6.14. The van der Waals surface area contributed by atoms with Crippen LogP contribution in [0.1, 0.15) is 142 Å². The highest BCUT2D eigenvalue weighted by Gasteiger charge is 2.45. The van der Waals surface area contributed by atoms with Gasteiger partial charge in [-0.2, -0.15) is 11.8 Å². The van der Waals surface area contributed by atoms with Crippen molar-refractivity contribution in [2.24, 2.45) is 5.73 Å². The van der Waals surface area contributed by atoms with E-state index < -0.39 is 48.8 Å². The molecule has 7 atom stereocenters. The van der Waals surface area contributed by atoms with E-state index in [9.17, 15) is 34.8 Å². The van der Waals surface area contributed by atoms with Gasteiger partial charge in [-0.15, -0.1) is 5.10 Å². The number of nitrogens with two attached hydrogens (primary N) is 1. The summed E-state index contributed by atoms with van der Waals surface area (Å²) in [6, 6.07) is -0.955. The number of rotatable bonds is 32. The minimum atomic E-state index is -1.62. The highest BCUT2D eigenvalue weighted by molar-refractivity contribution is 7.99. The highest BCUT2D eigenvalue weighted by Crippen LogP contribution is 2.23. The third kappa shape index (κ3) is 20.5. The number of aliphatic hydroxyl groups excluding tert-OH is 4. The molecule has 0 radical (unpaired) electrons. The molecule has 1 saturated heterocycles. The predicted octanol–water partition coefficient (Wildman–Crippen LogP) is 4.37. The first kappa shape index (κ1) is 47.8. The van der Waals surface area contributed by atoms with Crippen LogP contribution in [-0.4, -0.2) is 114 Å². The smallest absolute Gasteiger partial charge is 0.306 e. The molecule has 1 aliphatic rings. The van der Waals surface area contributed by atoms with Gasteiger partial charge in [-0.3, -0.25) is 14.4 Å². The van der Waals surface area contributed by atoms with Crippen LogP contribution in [-0.2, 0) is 35.1 Å². The maximum Gasteiger partial charge on any atom is 0.306 e. The van der Waals surface area contributed by atoms with Gasteiger partial charge in [0, 0.05) is 24.3 Å². The topological polar surface area (TPSA) is 229 Å². The van der Waals surface area contributed by atoms with Gasteiger partial charge in [-0.05, 0) is 12.8 Å². The van der Waals surface area contributed by atoms with E-state index in [2.05, 4.69) is 29.5 Å². The largest absolute Gasteiger partial charge is 0.462 e. The molecule has 312 valence electrons. The molecule has 2 unspecified atom stereocenters. The van der Waals surface area contributed by atoms with Gasteiger partial charge in [0.1, 0.15) is 37.1 Å². The maximum absolute atomic E-state index is 12.8. The number of aromatic nitrogens is 3. The summed E-state index contributed by atoms with van der Waals surface area (Å²) >= 11 is 1.30. The SMILES string of the molecule is CCCCCCCCCCCC(=O)OC[C@H](CSC[C@@H](N)C(=O)Nc1cn(C[C@H](O)C2OC(O)[C@@H](O)[C@@H]2O)nn1)OC(=O)CCCCCCCCCCC.